The van der Waals surface area contributed by atoms with Gasteiger partial charge in [0, 0.05) is 12.1 Å². The van der Waals surface area contributed by atoms with E-state index in [0.29, 0.717) is 12.1 Å². The number of hydrogen-bond donors (Lipinski definition) is 4. The quantitative estimate of drug-likeness (QED) is 0.375. The molecule has 1 aliphatic carbocycles. The maximum atomic E-state index is 5.42. The second kappa shape index (κ2) is 7.17. The molecule has 2 atom stereocenters. The van der Waals surface area contributed by atoms with E-state index >= 15 is 0 Å². The van der Waals surface area contributed by atoms with Crippen LogP contribution >= 0.6 is 0 Å². The van der Waals surface area contributed by atoms with Gasteiger partial charge in [-0.1, -0.05) is 0 Å². The van der Waals surface area contributed by atoms with Crippen molar-refractivity contribution in [2.45, 2.75) is 37.8 Å². The average molecular weight is 200 g/mol. The van der Waals surface area contributed by atoms with E-state index in [1.54, 1.807) is 0 Å². The smallest absolute Gasteiger partial charge is 0.0237 e. The molecular weight excluding hydrogens is 176 g/mol. The second-order valence-electron chi connectivity index (χ2n) is 3.99. The molecule has 6 N–H and O–H groups in total. The van der Waals surface area contributed by atoms with Crippen LogP contribution < -0.4 is 22.1 Å². The summed E-state index contributed by atoms with van der Waals surface area (Å²) in [7, 11) is 0. The Kier molecular flexibility index (Phi) is 6.10. The van der Waals surface area contributed by atoms with Gasteiger partial charge in [0.15, 0.2) is 0 Å². The summed E-state index contributed by atoms with van der Waals surface area (Å²) < 4.78 is 0. The summed E-state index contributed by atoms with van der Waals surface area (Å²) in [6.07, 6.45) is 4.68. The fourth-order valence-electron chi connectivity index (χ4n) is 1.59. The van der Waals surface area contributed by atoms with Crippen molar-refractivity contribution in [3.8, 4) is 0 Å². The Morgan fingerprint density at radius 2 is 1.43 bits per heavy atom. The normalized spacial score (nSPS) is 25.3. The summed E-state index contributed by atoms with van der Waals surface area (Å²) >= 11 is 0. The van der Waals surface area contributed by atoms with Crippen LogP contribution in [-0.2, 0) is 0 Å². The summed E-state index contributed by atoms with van der Waals surface area (Å²) in [5.41, 5.74) is 10.8. The fourth-order valence-corrected chi connectivity index (χ4v) is 1.59. The molecule has 84 valence electrons. The molecule has 1 fully saturated rings. The molecular formula is C10H24N4. The van der Waals surface area contributed by atoms with Gasteiger partial charge >= 0.3 is 0 Å². The van der Waals surface area contributed by atoms with Crippen LogP contribution in [0.25, 0.3) is 0 Å². The van der Waals surface area contributed by atoms with Crippen LogP contribution in [-0.4, -0.2) is 38.3 Å². The Morgan fingerprint density at radius 1 is 0.857 bits per heavy atom. The highest BCUT2D eigenvalue weighted by molar-refractivity contribution is 4.99. The Balaban J connectivity index is 1.82. The van der Waals surface area contributed by atoms with Gasteiger partial charge in [0.1, 0.15) is 0 Å². The minimum atomic E-state index is 0.694. The molecule has 0 heterocycles. The highest BCUT2D eigenvalue weighted by Crippen LogP contribution is 2.20. The van der Waals surface area contributed by atoms with Gasteiger partial charge < -0.3 is 22.1 Å². The van der Waals surface area contributed by atoms with Crippen molar-refractivity contribution in [2.75, 3.05) is 26.2 Å². The van der Waals surface area contributed by atoms with E-state index in [1.165, 1.54) is 12.8 Å². The Labute approximate surface area is 86.8 Å². The van der Waals surface area contributed by atoms with Gasteiger partial charge in [-0.3, -0.25) is 0 Å². The summed E-state index contributed by atoms with van der Waals surface area (Å²) in [6.45, 7) is 3.76. The van der Waals surface area contributed by atoms with Crippen molar-refractivity contribution in [1.29, 1.82) is 0 Å². The van der Waals surface area contributed by atoms with Crippen LogP contribution in [0.5, 0.6) is 0 Å². The first-order chi connectivity index (χ1) is 6.88. The Bertz CT molecular complexity index is 140. The van der Waals surface area contributed by atoms with Crippen LogP contribution in [0.15, 0.2) is 0 Å². The predicted molar refractivity (Wildman–Crippen MR) is 60.2 cm³/mol. The van der Waals surface area contributed by atoms with E-state index in [-0.39, 0.29) is 0 Å². The molecule has 4 nitrogen and oxygen atoms in total. The number of nitrogens with one attached hydrogen (secondary N) is 2. The molecule has 14 heavy (non-hydrogen) atoms. The highest BCUT2D eigenvalue weighted by atomic mass is 15.1. The summed E-state index contributed by atoms with van der Waals surface area (Å²) in [4.78, 5) is 0. The zero-order chi connectivity index (χ0) is 10.2. The van der Waals surface area contributed by atoms with Gasteiger partial charge in [0.2, 0.25) is 0 Å². The summed E-state index contributed by atoms with van der Waals surface area (Å²) in [6, 6.07) is 1.39. The third-order valence-electron chi connectivity index (χ3n) is 2.62. The zero-order valence-corrected chi connectivity index (χ0v) is 8.97. The lowest BCUT2D eigenvalue weighted by molar-refractivity contribution is 0.574. The average Bonchev–Trinajstić information content (AvgIpc) is 2.92. The van der Waals surface area contributed by atoms with Gasteiger partial charge in [0.05, 0.1) is 0 Å². The number of hydrogen-bond acceptors (Lipinski definition) is 4. The zero-order valence-electron chi connectivity index (χ0n) is 8.97. The van der Waals surface area contributed by atoms with Gasteiger partial charge in [0.25, 0.3) is 0 Å². The number of rotatable bonds is 9. The van der Waals surface area contributed by atoms with Crippen molar-refractivity contribution >= 4 is 0 Å². The second-order valence-corrected chi connectivity index (χ2v) is 3.99. The van der Waals surface area contributed by atoms with E-state index in [0.717, 1.165) is 39.0 Å². The van der Waals surface area contributed by atoms with Crippen molar-refractivity contribution < 1.29 is 0 Å². The van der Waals surface area contributed by atoms with Crippen molar-refractivity contribution in [2.24, 2.45) is 11.5 Å². The number of nitrogens with two attached hydrogens (primary N) is 2. The largest absolute Gasteiger partial charge is 0.330 e. The van der Waals surface area contributed by atoms with Crippen LogP contribution in [0.1, 0.15) is 25.7 Å². The molecule has 1 saturated carbocycles. The van der Waals surface area contributed by atoms with Gasteiger partial charge in [-0.25, -0.2) is 0 Å². The van der Waals surface area contributed by atoms with Crippen LogP contribution in [0, 0.1) is 0 Å². The lowest BCUT2D eigenvalue weighted by Gasteiger charge is -2.04. The van der Waals surface area contributed by atoms with Crippen molar-refractivity contribution in [3.63, 3.8) is 0 Å². The Hall–Kier alpha value is -0.160. The van der Waals surface area contributed by atoms with Crippen molar-refractivity contribution in [1.82, 2.24) is 10.6 Å². The predicted octanol–water partition coefficient (Wildman–Crippen LogP) is -0.606. The Morgan fingerprint density at radius 3 is 2.00 bits per heavy atom. The monoisotopic (exact) mass is 200 g/mol. The third-order valence-corrected chi connectivity index (χ3v) is 2.62. The lowest BCUT2D eigenvalue weighted by Crippen LogP contribution is -2.29. The van der Waals surface area contributed by atoms with Gasteiger partial charge in [-0.2, -0.15) is 0 Å². The highest BCUT2D eigenvalue weighted by Gasteiger charge is 2.35. The number of unbranched alkanes of at least 4 members (excludes halogenated alkanes) is 1. The molecule has 0 aliphatic heterocycles. The lowest BCUT2D eigenvalue weighted by atomic mass is 10.3. The maximum absolute atomic E-state index is 5.42. The molecule has 0 amide bonds. The minimum absolute atomic E-state index is 0.694. The van der Waals surface area contributed by atoms with Crippen LogP contribution in [0.2, 0.25) is 0 Å². The molecule has 0 aromatic rings. The first kappa shape index (κ1) is 11.9. The van der Waals surface area contributed by atoms with Gasteiger partial charge in [-0.05, 0) is 51.9 Å². The molecule has 2 unspecified atom stereocenters. The topological polar surface area (TPSA) is 76.1 Å². The van der Waals surface area contributed by atoms with Crippen LogP contribution in [0.3, 0.4) is 0 Å². The standard InChI is InChI=1S/C10H24N4/c11-4-1-2-6-13-9-8-10(9)14-7-3-5-12/h9-10,13-14H,1-8,11-12H2. The third kappa shape index (κ3) is 4.91. The summed E-state index contributed by atoms with van der Waals surface area (Å²) in [5, 5.41) is 7.00. The maximum Gasteiger partial charge on any atom is 0.0237 e. The van der Waals surface area contributed by atoms with Gasteiger partial charge in [-0.15, -0.1) is 0 Å². The molecule has 1 rings (SSSR count). The first-order valence-corrected chi connectivity index (χ1v) is 5.75. The molecule has 0 bridgehead atoms. The molecule has 4 heteroatoms. The van der Waals surface area contributed by atoms with E-state index in [2.05, 4.69) is 10.6 Å². The van der Waals surface area contributed by atoms with E-state index < -0.39 is 0 Å². The molecule has 0 saturated heterocycles. The van der Waals surface area contributed by atoms with E-state index in [4.69, 9.17) is 11.5 Å². The SMILES string of the molecule is NCCCCNC1CC1NCCCN. The molecule has 1 aliphatic rings. The van der Waals surface area contributed by atoms with E-state index in [1.807, 2.05) is 0 Å². The fraction of sp³-hybridized carbons (Fsp3) is 1.00. The first-order valence-electron chi connectivity index (χ1n) is 5.75. The summed E-state index contributed by atoms with van der Waals surface area (Å²) in [5.74, 6) is 0. The van der Waals surface area contributed by atoms with E-state index in [9.17, 15) is 0 Å². The molecule has 0 radical (unpaired) electrons. The van der Waals surface area contributed by atoms with Crippen LogP contribution in [0.4, 0.5) is 0 Å². The molecule has 0 aromatic carbocycles. The molecule has 0 spiro atoms. The minimum Gasteiger partial charge on any atom is -0.330 e. The van der Waals surface area contributed by atoms with Crippen molar-refractivity contribution in [3.05, 3.63) is 0 Å². The molecule has 0 aromatic heterocycles.